The summed E-state index contributed by atoms with van der Waals surface area (Å²) in [4.78, 5) is 28.5. The molecule has 1 aliphatic rings. The van der Waals surface area contributed by atoms with Crippen LogP contribution in [0.2, 0.25) is 0 Å². The van der Waals surface area contributed by atoms with E-state index < -0.39 is 17.8 Å². The summed E-state index contributed by atoms with van der Waals surface area (Å²) in [6.45, 7) is 5.11. The molecule has 10 heteroatoms. The molecule has 0 aliphatic carbocycles. The first-order chi connectivity index (χ1) is 14.7. The number of amides is 2. The molecule has 0 saturated heterocycles. The lowest BCUT2D eigenvalue weighted by Gasteiger charge is -2.28. The number of benzene rings is 1. The van der Waals surface area contributed by atoms with E-state index in [0.717, 1.165) is 4.68 Å². The maximum atomic E-state index is 13.6. The van der Waals surface area contributed by atoms with Crippen LogP contribution < -0.4 is 4.74 Å². The summed E-state index contributed by atoms with van der Waals surface area (Å²) in [5.41, 5.74) is -0.953. The first-order valence-electron chi connectivity index (χ1n) is 10.1. The van der Waals surface area contributed by atoms with Gasteiger partial charge in [-0.25, -0.2) is 4.68 Å². The first-order valence-corrected chi connectivity index (χ1v) is 10.1. The van der Waals surface area contributed by atoms with Gasteiger partial charge in [0, 0.05) is 38.2 Å². The van der Waals surface area contributed by atoms with Crippen molar-refractivity contribution in [2.45, 2.75) is 32.9 Å². The Balaban J connectivity index is 1.94. The number of carbonyl (C=O) groups is 2. The minimum Gasteiger partial charge on any atom is -0.497 e. The monoisotopic (exact) mass is 438 g/mol. The molecule has 2 heterocycles. The second kappa shape index (κ2) is 8.99. The van der Waals surface area contributed by atoms with Gasteiger partial charge in [0.15, 0.2) is 5.69 Å². The van der Waals surface area contributed by atoms with Crippen molar-refractivity contribution in [3.63, 3.8) is 0 Å². The number of rotatable bonds is 7. The van der Waals surface area contributed by atoms with E-state index in [1.165, 1.54) is 12.0 Å². The number of carbonyl (C=O) groups excluding carboxylic acids is 2. The molecule has 0 atom stereocenters. The number of alkyl halides is 3. The summed E-state index contributed by atoms with van der Waals surface area (Å²) >= 11 is 0. The van der Waals surface area contributed by atoms with Gasteiger partial charge in [-0.2, -0.15) is 18.3 Å². The quantitative estimate of drug-likeness (QED) is 0.666. The molecule has 1 aromatic heterocycles. The van der Waals surface area contributed by atoms with Crippen molar-refractivity contribution in [2.24, 2.45) is 0 Å². The van der Waals surface area contributed by atoms with Gasteiger partial charge in [0.2, 0.25) is 5.91 Å². The molecule has 7 nitrogen and oxygen atoms in total. The number of aromatic nitrogens is 2. The molecule has 0 N–H and O–H groups in total. The number of fused-ring (bicyclic) bond motifs is 1. The zero-order valence-electron chi connectivity index (χ0n) is 17.7. The second-order valence-electron chi connectivity index (χ2n) is 7.14. The Bertz CT molecular complexity index is 950. The van der Waals surface area contributed by atoms with E-state index in [-0.39, 0.29) is 43.1 Å². The van der Waals surface area contributed by atoms with Crippen molar-refractivity contribution >= 4 is 11.8 Å². The fourth-order valence-corrected chi connectivity index (χ4v) is 3.72. The van der Waals surface area contributed by atoms with Crippen molar-refractivity contribution in [3.05, 3.63) is 41.2 Å². The van der Waals surface area contributed by atoms with Gasteiger partial charge in [-0.05, 0) is 44.5 Å². The topological polar surface area (TPSA) is 67.7 Å². The average molecular weight is 438 g/mol. The number of hydrogen-bond acceptors (Lipinski definition) is 4. The van der Waals surface area contributed by atoms with Gasteiger partial charge in [-0.1, -0.05) is 0 Å². The van der Waals surface area contributed by atoms with Gasteiger partial charge in [-0.3, -0.25) is 9.59 Å². The number of nitrogens with zero attached hydrogens (tertiary/aromatic N) is 4. The molecule has 2 aromatic rings. The van der Waals surface area contributed by atoms with Gasteiger partial charge in [0.25, 0.3) is 5.91 Å². The second-order valence-corrected chi connectivity index (χ2v) is 7.14. The maximum absolute atomic E-state index is 13.6. The molecule has 31 heavy (non-hydrogen) atoms. The van der Waals surface area contributed by atoms with E-state index in [1.54, 1.807) is 29.2 Å². The van der Waals surface area contributed by atoms with Crippen LogP contribution in [0, 0.1) is 0 Å². The summed E-state index contributed by atoms with van der Waals surface area (Å²) < 4.78 is 46.9. The largest absolute Gasteiger partial charge is 0.497 e. The fraction of sp³-hybridized carbons (Fsp3) is 0.476. The minimum atomic E-state index is -4.68. The highest BCUT2D eigenvalue weighted by molar-refractivity contribution is 5.96. The smallest absolute Gasteiger partial charge is 0.435 e. The van der Waals surface area contributed by atoms with Crippen LogP contribution in [-0.2, 0) is 17.4 Å². The number of halogens is 3. The van der Waals surface area contributed by atoms with Gasteiger partial charge >= 0.3 is 6.18 Å². The third-order valence-electron chi connectivity index (χ3n) is 5.40. The molecule has 0 unspecified atom stereocenters. The minimum absolute atomic E-state index is 0.0194. The summed E-state index contributed by atoms with van der Waals surface area (Å²) in [7, 11) is 1.48. The Labute approximate surface area is 178 Å². The zero-order chi connectivity index (χ0) is 22.8. The molecule has 1 aliphatic heterocycles. The lowest BCUT2D eigenvalue weighted by Crippen LogP contribution is -2.41. The summed E-state index contributed by atoms with van der Waals surface area (Å²) in [6.07, 6.45) is -4.54. The Morgan fingerprint density at radius 2 is 1.84 bits per heavy atom. The predicted octanol–water partition coefficient (Wildman–Crippen LogP) is 3.16. The standard InChI is InChI=1S/C21H25F3N4O3/c1-4-26(5-2)17(29)11-13-27-12-10-16-18(20(27)30)28(25-19(16)21(22,23)24)14-6-8-15(31-3)9-7-14/h6-9H,4-5,10-13H2,1-3H3. The van der Waals surface area contributed by atoms with Crippen LogP contribution in [0.1, 0.15) is 42.0 Å². The molecule has 0 spiro atoms. The highest BCUT2D eigenvalue weighted by Crippen LogP contribution is 2.36. The van der Waals surface area contributed by atoms with Crippen molar-refractivity contribution in [1.29, 1.82) is 0 Å². The van der Waals surface area contributed by atoms with E-state index >= 15 is 0 Å². The Hall–Kier alpha value is -3.04. The van der Waals surface area contributed by atoms with E-state index in [0.29, 0.717) is 24.5 Å². The molecule has 0 fully saturated rings. The van der Waals surface area contributed by atoms with Crippen LogP contribution in [0.3, 0.4) is 0 Å². The number of methoxy groups -OCH3 is 1. The average Bonchev–Trinajstić information content (AvgIpc) is 3.15. The van der Waals surface area contributed by atoms with E-state index in [1.807, 2.05) is 13.8 Å². The maximum Gasteiger partial charge on any atom is 0.435 e. The normalized spacial score (nSPS) is 13.9. The molecule has 2 amide bonds. The van der Waals surface area contributed by atoms with Gasteiger partial charge in [0.1, 0.15) is 11.4 Å². The van der Waals surface area contributed by atoms with Crippen LogP contribution >= 0.6 is 0 Å². The van der Waals surface area contributed by atoms with Crippen LogP contribution in [0.25, 0.3) is 5.69 Å². The summed E-state index contributed by atoms with van der Waals surface area (Å²) in [5, 5.41) is 3.75. The molecule has 1 aromatic carbocycles. The van der Waals surface area contributed by atoms with E-state index in [2.05, 4.69) is 5.10 Å². The van der Waals surface area contributed by atoms with Crippen molar-refractivity contribution in [2.75, 3.05) is 33.3 Å². The Morgan fingerprint density at radius 1 is 1.19 bits per heavy atom. The van der Waals surface area contributed by atoms with Crippen LogP contribution in [0.5, 0.6) is 5.75 Å². The molecule has 3 rings (SSSR count). The van der Waals surface area contributed by atoms with Crippen molar-refractivity contribution in [3.8, 4) is 11.4 Å². The summed E-state index contributed by atoms with van der Waals surface area (Å²) in [5.74, 6) is -0.126. The molecule has 168 valence electrons. The van der Waals surface area contributed by atoms with Gasteiger partial charge < -0.3 is 14.5 Å². The van der Waals surface area contributed by atoms with Gasteiger partial charge in [-0.15, -0.1) is 0 Å². The van der Waals surface area contributed by atoms with Crippen LogP contribution in [0.4, 0.5) is 13.2 Å². The van der Waals surface area contributed by atoms with E-state index in [9.17, 15) is 22.8 Å². The number of ether oxygens (including phenoxy) is 1. The predicted molar refractivity (Wildman–Crippen MR) is 107 cm³/mol. The lowest BCUT2D eigenvalue weighted by atomic mass is 10.0. The van der Waals surface area contributed by atoms with Crippen molar-refractivity contribution < 1.29 is 27.5 Å². The third-order valence-corrected chi connectivity index (χ3v) is 5.40. The zero-order valence-corrected chi connectivity index (χ0v) is 17.7. The Kier molecular flexibility index (Phi) is 6.56. The van der Waals surface area contributed by atoms with Gasteiger partial charge in [0.05, 0.1) is 12.8 Å². The molecule has 0 bridgehead atoms. The molecular formula is C21H25F3N4O3. The fourth-order valence-electron chi connectivity index (χ4n) is 3.72. The SMILES string of the molecule is CCN(CC)C(=O)CCN1CCc2c(C(F)(F)F)nn(-c3ccc(OC)cc3)c2C1=O. The van der Waals surface area contributed by atoms with Crippen LogP contribution in [0.15, 0.2) is 24.3 Å². The third kappa shape index (κ3) is 4.52. The first kappa shape index (κ1) is 22.6. The highest BCUT2D eigenvalue weighted by atomic mass is 19.4. The summed E-state index contributed by atoms with van der Waals surface area (Å²) in [6, 6.07) is 6.26. The molecular weight excluding hydrogens is 413 g/mol. The number of hydrogen-bond donors (Lipinski definition) is 0. The molecule has 0 saturated carbocycles. The van der Waals surface area contributed by atoms with E-state index in [4.69, 9.17) is 4.74 Å². The van der Waals surface area contributed by atoms with Crippen molar-refractivity contribution in [1.82, 2.24) is 19.6 Å². The highest BCUT2D eigenvalue weighted by Gasteiger charge is 2.43. The lowest BCUT2D eigenvalue weighted by molar-refractivity contribution is -0.142. The van der Waals surface area contributed by atoms with Crippen LogP contribution in [-0.4, -0.2) is 64.7 Å². The Morgan fingerprint density at radius 3 is 2.39 bits per heavy atom. The molecule has 0 radical (unpaired) electrons.